The molecule has 1 rings (SSSR count). The van der Waals surface area contributed by atoms with E-state index in [1.54, 1.807) is 0 Å². The van der Waals surface area contributed by atoms with Gasteiger partial charge in [-0.2, -0.15) is 0 Å². The Morgan fingerprint density at radius 1 is 1.04 bits per heavy atom. The van der Waals surface area contributed by atoms with Crippen LogP contribution in [0, 0.1) is 0 Å². The molecule has 0 unspecified atom stereocenters. The standard InChI is InChI=1S/C10H19N2.C6H15O4P/c1-3-5-7-12-9-8-11(10-12)6-4-2;1-3-5-9-11(7,8)10-6-4-2/h8-10H,3-7H2,1-2H3;3-6H2,1-2H3,(H,7,8)/q+1;/p-1. The van der Waals surface area contributed by atoms with Gasteiger partial charge in [-0.25, -0.2) is 9.13 Å². The molecule has 0 N–H and O–H groups in total. The van der Waals surface area contributed by atoms with Gasteiger partial charge in [-0.15, -0.1) is 0 Å². The summed E-state index contributed by atoms with van der Waals surface area (Å²) in [4.78, 5) is 10.7. The minimum atomic E-state index is -3.98. The molecule has 1 aromatic heterocycles. The molecule has 0 bridgehead atoms. The summed E-state index contributed by atoms with van der Waals surface area (Å²) in [6.45, 7) is 10.8. The lowest BCUT2D eigenvalue weighted by Gasteiger charge is -2.21. The third-order valence-electron chi connectivity index (χ3n) is 2.90. The van der Waals surface area contributed by atoms with Gasteiger partial charge in [0.2, 0.25) is 6.33 Å². The third kappa shape index (κ3) is 12.4. The molecule has 0 aromatic carbocycles. The molecule has 1 aromatic rings. The topological polar surface area (TPSA) is 67.4 Å². The van der Waals surface area contributed by atoms with Gasteiger partial charge >= 0.3 is 0 Å². The maximum absolute atomic E-state index is 10.7. The molecule has 0 atom stereocenters. The van der Waals surface area contributed by atoms with Crippen molar-refractivity contribution in [3.05, 3.63) is 18.7 Å². The van der Waals surface area contributed by atoms with Crippen molar-refractivity contribution in [3.63, 3.8) is 0 Å². The Morgan fingerprint density at radius 2 is 1.65 bits per heavy atom. The molecule has 0 fully saturated rings. The van der Waals surface area contributed by atoms with Gasteiger partial charge in [-0.1, -0.05) is 34.1 Å². The largest absolute Gasteiger partial charge is 0.756 e. The molecule has 23 heavy (non-hydrogen) atoms. The van der Waals surface area contributed by atoms with Crippen LogP contribution in [0.5, 0.6) is 0 Å². The van der Waals surface area contributed by atoms with Crippen LogP contribution in [-0.2, 0) is 26.7 Å². The quantitative estimate of drug-likeness (QED) is 0.454. The summed E-state index contributed by atoms with van der Waals surface area (Å²) in [5, 5.41) is 0. The van der Waals surface area contributed by atoms with Gasteiger partial charge in [0, 0.05) is 0 Å². The second kappa shape index (κ2) is 13.7. The summed E-state index contributed by atoms with van der Waals surface area (Å²) in [5.41, 5.74) is 0. The first-order valence-corrected chi connectivity index (χ1v) is 10.1. The van der Waals surface area contributed by atoms with E-state index in [-0.39, 0.29) is 13.2 Å². The molecular formula is C16H33N2O4P. The van der Waals surface area contributed by atoms with Crippen molar-refractivity contribution < 1.29 is 23.1 Å². The fourth-order valence-electron chi connectivity index (χ4n) is 1.75. The van der Waals surface area contributed by atoms with Crippen molar-refractivity contribution in [2.75, 3.05) is 13.2 Å². The van der Waals surface area contributed by atoms with E-state index in [4.69, 9.17) is 0 Å². The number of nitrogens with zero attached hydrogens (tertiary/aromatic N) is 2. The predicted molar refractivity (Wildman–Crippen MR) is 89.9 cm³/mol. The minimum Gasteiger partial charge on any atom is -0.756 e. The Kier molecular flexibility index (Phi) is 13.3. The van der Waals surface area contributed by atoms with Gasteiger partial charge in [-0.05, 0) is 25.7 Å². The SMILES string of the molecule is CCCCn1cc[n+](CCC)c1.CCCOP(=O)([O-])OCCC. The van der Waals surface area contributed by atoms with Crippen LogP contribution in [0.15, 0.2) is 18.7 Å². The number of rotatable bonds is 11. The highest BCUT2D eigenvalue weighted by Gasteiger charge is 2.06. The van der Waals surface area contributed by atoms with Crippen molar-refractivity contribution >= 4 is 7.82 Å². The summed E-state index contributed by atoms with van der Waals surface area (Å²) in [6, 6.07) is 0. The minimum absolute atomic E-state index is 0.199. The molecule has 0 saturated heterocycles. The molecule has 0 aliphatic heterocycles. The second-order valence-electron chi connectivity index (χ2n) is 5.36. The Labute approximate surface area is 141 Å². The number of aromatic nitrogens is 2. The number of imidazole rings is 1. The lowest BCUT2D eigenvalue weighted by atomic mass is 10.3. The zero-order valence-corrected chi connectivity index (χ0v) is 16.0. The molecule has 0 saturated carbocycles. The van der Waals surface area contributed by atoms with Crippen molar-refractivity contribution in [2.24, 2.45) is 0 Å². The summed E-state index contributed by atoms with van der Waals surface area (Å²) in [7, 11) is -3.98. The van der Waals surface area contributed by atoms with E-state index in [1.165, 1.54) is 19.3 Å². The van der Waals surface area contributed by atoms with Gasteiger partial charge < -0.3 is 13.9 Å². The van der Waals surface area contributed by atoms with Crippen LogP contribution in [-0.4, -0.2) is 17.8 Å². The molecular weight excluding hydrogens is 315 g/mol. The maximum atomic E-state index is 10.7. The molecule has 1 heterocycles. The van der Waals surface area contributed by atoms with E-state index in [2.05, 4.69) is 50.8 Å². The lowest BCUT2D eigenvalue weighted by Crippen LogP contribution is -2.30. The predicted octanol–water partition coefficient (Wildman–Crippen LogP) is 3.29. The van der Waals surface area contributed by atoms with E-state index in [0.717, 1.165) is 13.1 Å². The average Bonchev–Trinajstić information content (AvgIpc) is 2.98. The fourth-order valence-corrected chi connectivity index (χ4v) is 2.63. The number of phosphoric acid groups is 1. The molecule has 0 spiro atoms. The normalized spacial score (nSPS) is 11.2. The first-order chi connectivity index (χ1) is 11.0. The summed E-state index contributed by atoms with van der Waals surface area (Å²) >= 11 is 0. The summed E-state index contributed by atoms with van der Waals surface area (Å²) < 4.78 is 24.2. The Bertz CT molecular complexity index is 425. The van der Waals surface area contributed by atoms with E-state index in [9.17, 15) is 9.46 Å². The van der Waals surface area contributed by atoms with Crippen LogP contribution >= 0.6 is 7.82 Å². The molecule has 0 aliphatic rings. The van der Waals surface area contributed by atoms with Crippen LogP contribution in [0.4, 0.5) is 0 Å². The van der Waals surface area contributed by atoms with Gasteiger partial charge in [0.05, 0.1) is 26.3 Å². The van der Waals surface area contributed by atoms with E-state index < -0.39 is 7.82 Å². The van der Waals surface area contributed by atoms with Gasteiger partial charge in [-0.3, -0.25) is 4.57 Å². The Hall–Kier alpha value is -0.680. The van der Waals surface area contributed by atoms with Crippen LogP contribution in [0.2, 0.25) is 0 Å². The van der Waals surface area contributed by atoms with Crippen LogP contribution < -0.4 is 9.46 Å². The highest BCUT2D eigenvalue weighted by molar-refractivity contribution is 7.45. The molecule has 0 amide bonds. The van der Waals surface area contributed by atoms with Crippen LogP contribution in [0.25, 0.3) is 0 Å². The molecule has 7 heteroatoms. The average molecular weight is 348 g/mol. The van der Waals surface area contributed by atoms with Gasteiger partial charge in [0.25, 0.3) is 7.82 Å². The van der Waals surface area contributed by atoms with Crippen molar-refractivity contribution in [1.29, 1.82) is 0 Å². The number of hydrogen-bond donors (Lipinski definition) is 0. The molecule has 6 nitrogen and oxygen atoms in total. The zero-order valence-electron chi connectivity index (χ0n) is 15.1. The number of phosphoric ester groups is 1. The molecule has 0 radical (unpaired) electrons. The molecule has 136 valence electrons. The van der Waals surface area contributed by atoms with E-state index in [0.29, 0.717) is 12.8 Å². The van der Waals surface area contributed by atoms with E-state index >= 15 is 0 Å². The Balaban J connectivity index is 0.000000423. The Morgan fingerprint density at radius 3 is 2.13 bits per heavy atom. The van der Waals surface area contributed by atoms with E-state index in [1.807, 2.05) is 13.8 Å². The summed E-state index contributed by atoms with van der Waals surface area (Å²) in [6.07, 6.45) is 11.6. The van der Waals surface area contributed by atoms with Gasteiger partial charge in [0.15, 0.2) is 0 Å². The van der Waals surface area contributed by atoms with Gasteiger partial charge in [0.1, 0.15) is 12.4 Å². The zero-order chi connectivity index (χ0) is 17.6. The van der Waals surface area contributed by atoms with Crippen molar-refractivity contribution in [3.8, 4) is 0 Å². The van der Waals surface area contributed by atoms with Crippen molar-refractivity contribution in [1.82, 2.24) is 4.57 Å². The monoisotopic (exact) mass is 348 g/mol. The summed E-state index contributed by atoms with van der Waals surface area (Å²) in [5.74, 6) is 0. The highest BCUT2D eigenvalue weighted by Crippen LogP contribution is 2.38. The smallest absolute Gasteiger partial charge is 0.267 e. The third-order valence-corrected chi connectivity index (χ3v) is 3.90. The first kappa shape index (κ1) is 22.3. The fraction of sp³-hybridized carbons (Fsp3) is 0.812. The lowest BCUT2D eigenvalue weighted by molar-refractivity contribution is -0.696. The first-order valence-electron chi connectivity index (χ1n) is 8.63. The van der Waals surface area contributed by atoms with Crippen LogP contribution in [0.1, 0.15) is 59.8 Å². The number of aryl methyl sites for hydroxylation is 2. The number of hydrogen-bond acceptors (Lipinski definition) is 4. The molecule has 0 aliphatic carbocycles. The highest BCUT2D eigenvalue weighted by atomic mass is 31.2. The van der Waals surface area contributed by atoms with Crippen molar-refractivity contribution in [2.45, 2.75) is 72.9 Å². The second-order valence-corrected chi connectivity index (χ2v) is 6.77. The van der Waals surface area contributed by atoms with Crippen LogP contribution in [0.3, 0.4) is 0 Å². The maximum Gasteiger partial charge on any atom is 0.267 e. The number of unbranched alkanes of at least 4 members (excludes halogenated alkanes) is 1.